The molecular formula is C16H24N4S. The fourth-order valence-corrected chi connectivity index (χ4v) is 3.83. The Labute approximate surface area is 130 Å². The molecule has 0 saturated carbocycles. The number of piperazine rings is 1. The van der Waals surface area contributed by atoms with Gasteiger partial charge in [0.1, 0.15) is 0 Å². The number of hydrogen-bond acceptors (Lipinski definition) is 5. The normalized spacial score (nSPS) is 17.6. The second kappa shape index (κ2) is 5.55. The minimum atomic E-state index is -0.116. The average Bonchev–Trinajstić information content (AvgIpc) is 2.80. The molecular weight excluding hydrogens is 280 g/mol. The van der Waals surface area contributed by atoms with Gasteiger partial charge in [0.2, 0.25) is 0 Å². The van der Waals surface area contributed by atoms with E-state index in [4.69, 9.17) is 10.7 Å². The Bertz CT molecular complexity index is 621. The van der Waals surface area contributed by atoms with E-state index in [1.165, 1.54) is 10.3 Å². The summed E-state index contributed by atoms with van der Waals surface area (Å²) in [6, 6.07) is 6.51. The van der Waals surface area contributed by atoms with Crippen LogP contribution in [0.1, 0.15) is 19.4 Å². The molecule has 114 valence electrons. The molecule has 0 atom stereocenters. The van der Waals surface area contributed by atoms with Crippen LogP contribution in [0.5, 0.6) is 0 Å². The molecule has 1 saturated heterocycles. The van der Waals surface area contributed by atoms with Crippen LogP contribution in [0.2, 0.25) is 0 Å². The Balaban J connectivity index is 1.68. The predicted molar refractivity (Wildman–Crippen MR) is 91.3 cm³/mol. The standard InChI is InChI=1S/C16H24N4S/c1-12-4-5-14-13(10-12)18-15(21-14)20-8-6-19(7-9-20)11-16(2,3)17/h4-5,10H,6-9,11,17H2,1-3H3. The molecule has 4 nitrogen and oxygen atoms in total. The van der Waals surface area contributed by atoms with E-state index in [-0.39, 0.29) is 5.54 Å². The molecule has 1 aromatic carbocycles. The number of nitrogens with two attached hydrogens (primary N) is 1. The quantitative estimate of drug-likeness (QED) is 0.946. The molecule has 0 amide bonds. The summed E-state index contributed by atoms with van der Waals surface area (Å²) >= 11 is 1.80. The first-order chi connectivity index (χ1) is 9.90. The van der Waals surface area contributed by atoms with Gasteiger partial charge in [0.25, 0.3) is 0 Å². The van der Waals surface area contributed by atoms with Crippen molar-refractivity contribution in [2.24, 2.45) is 5.73 Å². The van der Waals surface area contributed by atoms with Crippen LogP contribution in [0.15, 0.2) is 18.2 Å². The van der Waals surface area contributed by atoms with Crippen molar-refractivity contribution in [3.05, 3.63) is 23.8 Å². The third-order valence-electron chi connectivity index (χ3n) is 3.81. The Kier molecular flexibility index (Phi) is 3.90. The third kappa shape index (κ3) is 3.54. The van der Waals surface area contributed by atoms with Gasteiger partial charge in [0.05, 0.1) is 10.2 Å². The molecule has 5 heteroatoms. The number of fused-ring (bicyclic) bond motifs is 1. The van der Waals surface area contributed by atoms with Gasteiger partial charge in [-0.05, 0) is 38.5 Å². The zero-order chi connectivity index (χ0) is 15.0. The molecule has 21 heavy (non-hydrogen) atoms. The second-order valence-corrected chi connectivity index (χ2v) is 7.73. The van der Waals surface area contributed by atoms with E-state index in [1.54, 1.807) is 11.3 Å². The number of nitrogens with zero attached hydrogens (tertiary/aromatic N) is 3. The highest BCUT2D eigenvalue weighted by atomic mass is 32.1. The molecule has 3 rings (SSSR count). The summed E-state index contributed by atoms with van der Waals surface area (Å²) in [5.41, 5.74) is 8.39. The first kappa shape index (κ1) is 14.8. The van der Waals surface area contributed by atoms with Crippen LogP contribution >= 0.6 is 11.3 Å². The average molecular weight is 304 g/mol. The van der Waals surface area contributed by atoms with Crippen LogP contribution < -0.4 is 10.6 Å². The molecule has 0 spiro atoms. The van der Waals surface area contributed by atoms with Gasteiger partial charge in [-0.3, -0.25) is 4.90 Å². The lowest BCUT2D eigenvalue weighted by Gasteiger charge is -2.37. The molecule has 0 aliphatic carbocycles. The minimum Gasteiger partial charge on any atom is -0.345 e. The lowest BCUT2D eigenvalue weighted by Crippen LogP contribution is -2.53. The molecule has 1 aliphatic heterocycles. The highest BCUT2D eigenvalue weighted by Crippen LogP contribution is 2.29. The van der Waals surface area contributed by atoms with Crippen molar-refractivity contribution in [3.63, 3.8) is 0 Å². The van der Waals surface area contributed by atoms with Crippen molar-refractivity contribution in [3.8, 4) is 0 Å². The molecule has 1 fully saturated rings. The summed E-state index contributed by atoms with van der Waals surface area (Å²) in [6.45, 7) is 11.5. The molecule has 2 N–H and O–H groups in total. The summed E-state index contributed by atoms with van der Waals surface area (Å²) < 4.78 is 1.28. The lowest BCUT2D eigenvalue weighted by atomic mass is 10.1. The highest BCUT2D eigenvalue weighted by molar-refractivity contribution is 7.22. The fourth-order valence-electron chi connectivity index (χ4n) is 2.83. The van der Waals surface area contributed by atoms with Gasteiger partial charge in [-0.2, -0.15) is 0 Å². The molecule has 0 unspecified atom stereocenters. The number of aromatic nitrogens is 1. The summed E-state index contributed by atoms with van der Waals surface area (Å²) in [5, 5.41) is 1.15. The summed E-state index contributed by atoms with van der Waals surface area (Å²) in [4.78, 5) is 9.65. The number of rotatable bonds is 3. The summed E-state index contributed by atoms with van der Waals surface area (Å²) in [7, 11) is 0. The monoisotopic (exact) mass is 304 g/mol. The van der Waals surface area contributed by atoms with Crippen molar-refractivity contribution in [1.29, 1.82) is 0 Å². The number of thiazole rings is 1. The van der Waals surface area contributed by atoms with Gasteiger partial charge in [-0.1, -0.05) is 17.4 Å². The second-order valence-electron chi connectivity index (χ2n) is 6.72. The van der Waals surface area contributed by atoms with Crippen molar-refractivity contribution in [2.45, 2.75) is 26.3 Å². The maximum atomic E-state index is 6.11. The lowest BCUT2D eigenvalue weighted by molar-refractivity contribution is 0.214. The molecule has 1 aliphatic rings. The first-order valence-corrected chi connectivity index (χ1v) is 8.36. The summed E-state index contributed by atoms with van der Waals surface area (Å²) in [6.07, 6.45) is 0. The van der Waals surface area contributed by atoms with Crippen LogP contribution in [-0.2, 0) is 0 Å². The predicted octanol–water partition coefficient (Wildman–Crippen LogP) is 2.46. The zero-order valence-corrected chi connectivity index (χ0v) is 13.9. The Hall–Kier alpha value is -1.17. The largest absolute Gasteiger partial charge is 0.345 e. The zero-order valence-electron chi connectivity index (χ0n) is 13.1. The van der Waals surface area contributed by atoms with Crippen molar-refractivity contribution in [1.82, 2.24) is 9.88 Å². The highest BCUT2D eigenvalue weighted by Gasteiger charge is 2.23. The maximum absolute atomic E-state index is 6.11. The van der Waals surface area contributed by atoms with Gasteiger partial charge in [0.15, 0.2) is 5.13 Å². The topological polar surface area (TPSA) is 45.4 Å². The fraction of sp³-hybridized carbons (Fsp3) is 0.562. The van der Waals surface area contributed by atoms with E-state index in [9.17, 15) is 0 Å². The van der Waals surface area contributed by atoms with Crippen molar-refractivity contribution >= 4 is 26.7 Å². The van der Waals surface area contributed by atoms with Crippen molar-refractivity contribution < 1.29 is 0 Å². The number of aryl methyl sites for hydroxylation is 1. The van der Waals surface area contributed by atoms with Gasteiger partial charge in [-0.15, -0.1) is 0 Å². The smallest absolute Gasteiger partial charge is 0.186 e. The van der Waals surface area contributed by atoms with Gasteiger partial charge in [0, 0.05) is 38.3 Å². The molecule has 0 bridgehead atoms. The maximum Gasteiger partial charge on any atom is 0.186 e. The van der Waals surface area contributed by atoms with E-state index < -0.39 is 0 Å². The SMILES string of the molecule is Cc1ccc2sc(N3CCN(CC(C)(C)N)CC3)nc2c1. The Morgan fingerprint density at radius 2 is 1.95 bits per heavy atom. The van der Waals surface area contributed by atoms with Crippen LogP contribution in [0.4, 0.5) is 5.13 Å². The Morgan fingerprint density at radius 3 is 2.62 bits per heavy atom. The molecule has 2 aromatic rings. The van der Waals surface area contributed by atoms with Crippen LogP contribution in [-0.4, -0.2) is 48.1 Å². The van der Waals surface area contributed by atoms with Crippen LogP contribution in [0.25, 0.3) is 10.2 Å². The molecule has 2 heterocycles. The molecule has 0 radical (unpaired) electrons. The van der Waals surface area contributed by atoms with Gasteiger partial charge >= 0.3 is 0 Å². The van der Waals surface area contributed by atoms with E-state index in [2.05, 4.69) is 48.8 Å². The van der Waals surface area contributed by atoms with E-state index in [0.717, 1.165) is 43.4 Å². The number of benzene rings is 1. The van der Waals surface area contributed by atoms with E-state index in [0.29, 0.717) is 0 Å². The first-order valence-electron chi connectivity index (χ1n) is 7.54. The third-order valence-corrected chi connectivity index (χ3v) is 4.90. The van der Waals surface area contributed by atoms with E-state index >= 15 is 0 Å². The van der Waals surface area contributed by atoms with Gasteiger partial charge in [-0.25, -0.2) is 4.98 Å². The van der Waals surface area contributed by atoms with Crippen LogP contribution in [0.3, 0.4) is 0 Å². The number of anilines is 1. The number of hydrogen-bond donors (Lipinski definition) is 1. The van der Waals surface area contributed by atoms with E-state index in [1.807, 2.05) is 0 Å². The Morgan fingerprint density at radius 1 is 1.24 bits per heavy atom. The summed E-state index contributed by atoms with van der Waals surface area (Å²) in [5.74, 6) is 0. The molecule has 1 aromatic heterocycles. The van der Waals surface area contributed by atoms with Crippen LogP contribution in [0, 0.1) is 6.92 Å². The van der Waals surface area contributed by atoms with Crippen molar-refractivity contribution in [2.75, 3.05) is 37.6 Å². The minimum absolute atomic E-state index is 0.116. The van der Waals surface area contributed by atoms with Gasteiger partial charge < -0.3 is 10.6 Å².